The summed E-state index contributed by atoms with van der Waals surface area (Å²) >= 11 is 0. The van der Waals surface area contributed by atoms with Gasteiger partial charge in [-0.2, -0.15) is 18.2 Å². The number of benzene rings is 1. The zero-order chi connectivity index (χ0) is 19.3. The fourth-order valence-corrected chi connectivity index (χ4v) is 2.05. The first-order valence-corrected chi connectivity index (χ1v) is 7.72. The van der Waals surface area contributed by atoms with Crippen LogP contribution in [0.3, 0.4) is 0 Å². The van der Waals surface area contributed by atoms with Gasteiger partial charge in [0, 0.05) is 24.4 Å². The molecule has 0 bridgehead atoms. The highest BCUT2D eigenvalue weighted by atomic mass is 19.4. The van der Waals surface area contributed by atoms with E-state index in [4.69, 9.17) is 0 Å². The van der Waals surface area contributed by atoms with Gasteiger partial charge in [0.15, 0.2) is 17.3 Å². The number of hydrogen-bond acceptors (Lipinski definition) is 5. The molecule has 0 atom stereocenters. The van der Waals surface area contributed by atoms with E-state index >= 15 is 0 Å². The highest BCUT2D eigenvalue weighted by Gasteiger charge is 2.33. The molecular formula is C16H18F5N5. The zero-order valence-corrected chi connectivity index (χ0v) is 14.2. The molecule has 0 amide bonds. The van der Waals surface area contributed by atoms with Crippen LogP contribution in [0.4, 0.5) is 39.4 Å². The number of alkyl halides is 3. The first-order chi connectivity index (χ1) is 12.1. The van der Waals surface area contributed by atoms with Gasteiger partial charge in [-0.05, 0) is 39.2 Å². The van der Waals surface area contributed by atoms with Crippen LogP contribution < -0.4 is 10.6 Å². The molecule has 2 aromatic rings. The molecule has 0 saturated carbocycles. The average molecular weight is 375 g/mol. The van der Waals surface area contributed by atoms with Crippen molar-refractivity contribution >= 4 is 17.5 Å². The molecule has 2 rings (SSSR count). The molecule has 0 saturated heterocycles. The summed E-state index contributed by atoms with van der Waals surface area (Å²) in [7, 11) is 3.76. The second kappa shape index (κ2) is 8.26. The fourth-order valence-electron chi connectivity index (χ4n) is 2.05. The van der Waals surface area contributed by atoms with Gasteiger partial charge in [-0.1, -0.05) is 0 Å². The van der Waals surface area contributed by atoms with E-state index in [1.807, 2.05) is 19.0 Å². The Hall–Kier alpha value is -2.49. The number of aromatic nitrogens is 2. The molecule has 142 valence electrons. The van der Waals surface area contributed by atoms with Crippen molar-refractivity contribution in [1.82, 2.24) is 14.9 Å². The van der Waals surface area contributed by atoms with Gasteiger partial charge in [0.2, 0.25) is 5.95 Å². The molecule has 0 unspecified atom stereocenters. The second-order valence-corrected chi connectivity index (χ2v) is 5.80. The monoisotopic (exact) mass is 375 g/mol. The van der Waals surface area contributed by atoms with Crippen LogP contribution in [-0.2, 0) is 6.18 Å². The number of halogens is 5. The maximum atomic E-state index is 13.3. The number of anilines is 3. The largest absolute Gasteiger partial charge is 0.433 e. The van der Waals surface area contributed by atoms with Gasteiger partial charge < -0.3 is 15.5 Å². The molecule has 0 aliphatic rings. The molecular weight excluding hydrogens is 357 g/mol. The first kappa shape index (κ1) is 19.8. The van der Waals surface area contributed by atoms with Crippen LogP contribution in [0.5, 0.6) is 0 Å². The predicted octanol–water partition coefficient (Wildman–Crippen LogP) is 3.88. The normalized spacial score (nSPS) is 11.7. The van der Waals surface area contributed by atoms with Crippen molar-refractivity contribution in [2.45, 2.75) is 12.6 Å². The molecule has 0 spiro atoms. The minimum Gasteiger partial charge on any atom is -0.354 e. The van der Waals surface area contributed by atoms with Gasteiger partial charge in [-0.15, -0.1) is 0 Å². The molecule has 1 heterocycles. The molecule has 2 N–H and O–H groups in total. The van der Waals surface area contributed by atoms with Gasteiger partial charge in [0.05, 0.1) is 0 Å². The Kier molecular flexibility index (Phi) is 6.30. The Morgan fingerprint density at radius 1 is 1.04 bits per heavy atom. The van der Waals surface area contributed by atoms with Crippen molar-refractivity contribution < 1.29 is 22.0 Å². The summed E-state index contributed by atoms with van der Waals surface area (Å²) in [6, 6.07) is 3.59. The van der Waals surface area contributed by atoms with Crippen molar-refractivity contribution in [3.8, 4) is 0 Å². The van der Waals surface area contributed by atoms with Crippen LogP contribution in [0.15, 0.2) is 24.3 Å². The standard InChI is InChI=1S/C16H18F5N5/c1-26(2)7-3-6-22-15-24-13(16(19,20)21)9-14(25-15)23-10-4-5-11(17)12(18)8-10/h4-5,8-9H,3,6-7H2,1-2H3,(H2,22,23,24,25). The molecule has 0 fully saturated rings. The Labute approximate surface area is 147 Å². The minimum atomic E-state index is -4.67. The fraction of sp³-hybridized carbons (Fsp3) is 0.375. The van der Waals surface area contributed by atoms with Crippen molar-refractivity contribution in [3.05, 3.63) is 41.6 Å². The van der Waals surface area contributed by atoms with Crippen molar-refractivity contribution in [1.29, 1.82) is 0 Å². The van der Waals surface area contributed by atoms with Crippen molar-refractivity contribution in [3.63, 3.8) is 0 Å². The third kappa shape index (κ3) is 5.80. The van der Waals surface area contributed by atoms with Crippen LogP contribution >= 0.6 is 0 Å². The number of hydrogen-bond donors (Lipinski definition) is 2. The number of rotatable bonds is 7. The van der Waals surface area contributed by atoms with Crippen molar-refractivity contribution in [2.24, 2.45) is 0 Å². The van der Waals surface area contributed by atoms with E-state index in [-0.39, 0.29) is 17.5 Å². The molecule has 1 aromatic heterocycles. The lowest BCUT2D eigenvalue weighted by Gasteiger charge is -2.14. The topological polar surface area (TPSA) is 53.1 Å². The van der Waals surface area contributed by atoms with E-state index < -0.39 is 23.5 Å². The third-order valence-corrected chi connectivity index (χ3v) is 3.27. The van der Waals surface area contributed by atoms with Crippen LogP contribution in [-0.4, -0.2) is 42.1 Å². The minimum absolute atomic E-state index is 0.0642. The second-order valence-electron chi connectivity index (χ2n) is 5.80. The van der Waals surface area contributed by atoms with Gasteiger partial charge in [0.1, 0.15) is 5.82 Å². The molecule has 0 aliphatic carbocycles. The molecule has 1 aromatic carbocycles. The SMILES string of the molecule is CN(C)CCCNc1nc(Nc2ccc(F)c(F)c2)cc(C(F)(F)F)n1. The summed E-state index contributed by atoms with van der Waals surface area (Å²) in [5, 5.41) is 5.26. The van der Waals surface area contributed by atoms with Gasteiger partial charge in [0.25, 0.3) is 0 Å². The summed E-state index contributed by atoms with van der Waals surface area (Å²) in [4.78, 5) is 9.34. The highest BCUT2D eigenvalue weighted by molar-refractivity contribution is 5.57. The lowest BCUT2D eigenvalue weighted by molar-refractivity contribution is -0.141. The summed E-state index contributed by atoms with van der Waals surface area (Å²) in [6.07, 6.45) is -3.99. The average Bonchev–Trinajstić information content (AvgIpc) is 2.54. The molecule has 26 heavy (non-hydrogen) atoms. The molecule has 10 heteroatoms. The van der Waals surface area contributed by atoms with E-state index in [9.17, 15) is 22.0 Å². The molecule has 5 nitrogen and oxygen atoms in total. The smallest absolute Gasteiger partial charge is 0.354 e. The Balaban J connectivity index is 2.20. The summed E-state index contributed by atoms with van der Waals surface area (Å²) in [6.45, 7) is 1.12. The van der Waals surface area contributed by atoms with Crippen LogP contribution in [0.25, 0.3) is 0 Å². The van der Waals surface area contributed by atoms with E-state index in [2.05, 4.69) is 20.6 Å². The summed E-state index contributed by atoms with van der Waals surface area (Å²) in [5.74, 6) is -2.57. The highest BCUT2D eigenvalue weighted by Crippen LogP contribution is 2.30. The van der Waals surface area contributed by atoms with E-state index in [0.29, 0.717) is 19.0 Å². The lowest BCUT2D eigenvalue weighted by Crippen LogP contribution is -2.18. The number of nitrogens with one attached hydrogen (secondary N) is 2. The van der Waals surface area contributed by atoms with Crippen molar-refractivity contribution in [2.75, 3.05) is 37.8 Å². The quantitative estimate of drug-likeness (QED) is 0.568. The van der Waals surface area contributed by atoms with Crippen LogP contribution in [0, 0.1) is 11.6 Å². The van der Waals surface area contributed by atoms with Gasteiger partial charge >= 0.3 is 6.18 Å². The zero-order valence-electron chi connectivity index (χ0n) is 14.2. The van der Waals surface area contributed by atoms with E-state index in [1.165, 1.54) is 6.07 Å². The maximum absolute atomic E-state index is 13.3. The first-order valence-electron chi connectivity index (χ1n) is 7.72. The van der Waals surface area contributed by atoms with Crippen LogP contribution in [0.2, 0.25) is 0 Å². The third-order valence-electron chi connectivity index (χ3n) is 3.27. The maximum Gasteiger partial charge on any atom is 0.433 e. The molecule has 0 aliphatic heterocycles. The van der Waals surface area contributed by atoms with Gasteiger partial charge in [-0.25, -0.2) is 13.8 Å². The van der Waals surface area contributed by atoms with E-state index in [0.717, 1.165) is 18.7 Å². The Morgan fingerprint density at radius 2 is 1.77 bits per heavy atom. The predicted molar refractivity (Wildman–Crippen MR) is 88.3 cm³/mol. The lowest BCUT2D eigenvalue weighted by atomic mass is 10.3. The Bertz CT molecular complexity index is 748. The van der Waals surface area contributed by atoms with E-state index in [1.54, 1.807) is 0 Å². The van der Waals surface area contributed by atoms with Crippen LogP contribution in [0.1, 0.15) is 12.1 Å². The number of nitrogens with zero attached hydrogens (tertiary/aromatic N) is 3. The van der Waals surface area contributed by atoms with Gasteiger partial charge in [-0.3, -0.25) is 0 Å². The molecule has 0 radical (unpaired) electrons. The summed E-state index contributed by atoms with van der Waals surface area (Å²) < 4.78 is 65.3. The summed E-state index contributed by atoms with van der Waals surface area (Å²) in [5.41, 5.74) is -1.08. The Morgan fingerprint density at radius 3 is 2.38 bits per heavy atom.